The Bertz CT molecular complexity index is 364. The first-order valence-corrected chi connectivity index (χ1v) is 7.68. The molecule has 1 aliphatic heterocycles. The van der Waals surface area contributed by atoms with Crippen LogP contribution in [0.3, 0.4) is 0 Å². The second-order valence-electron chi connectivity index (χ2n) is 6.34. The van der Waals surface area contributed by atoms with E-state index in [9.17, 15) is 9.59 Å². The average molecular weight is 282 g/mol. The first-order chi connectivity index (χ1) is 9.52. The van der Waals surface area contributed by atoms with Crippen molar-refractivity contribution in [2.45, 2.75) is 45.1 Å². The van der Waals surface area contributed by atoms with Crippen molar-refractivity contribution in [3.05, 3.63) is 0 Å². The lowest BCUT2D eigenvalue weighted by molar-refractivity contribution is -0.135. The van der Waals surface area contributed by atoms with E-state index in [1.165, 1.54) is 17.7 Å². The Kier molecular flexibility index (Phi) is 5.02. The van der Waals surface area contributed by atoms with Crippen LogP contribution in [0.25, 0.3) is 0 Å². The Hall–Kier alpha value is -1.10. The number of carbonyl (C=O) groups is 2. The summed E-state index contributed by atoms with van der Waals surface area (Å²) < 4.78 is 0. The van der Waals surface area contributed by atoms with Crippen molar-refractivity contribution >= 4 is 11.8 Å². The van der Waals surface area contributed by atoms with Gasteiger partial charge in [0.05, 0.1) is 12.5 Å². The van der Waals surface area contributed by atoms with Gasteiger partial charge in [-0.05, 0) is 31.6 Å². The van der Waals surface area contributed by atoms with Gasteiger partial charge in [-0.2, -0.15) is 0 Å². The second-order valence-corrected chi connectivity index (χ2v) is 6.34. The number of likely N-dealkylation sites (N-methyl/N-ethyl adjacent to an activating group) is 1. The molecule has 0 aromatic heterocycles. The zero-order valence-electron chi connectivity index (χ0n) is 12.5. The van der Waals surface area contributed by atoms with Gasteiger partial charge in [0.25, 0.3) is 0 Å². The molecule has 0 aromatic carbocycles. The van der Waals surface area contributed by atoms with Crippen molar-refractivity contribution in [1.82, 2.24) is 9.80 Å². The maximum atomic E-state index is 12.2. The van der Waals surface area contributed by atoms with Crippen LogP contribution in [0.1, 0.15) is 39.0 Å². The minimum Gasteiger partial charge on any atom is -0.395 e. The van der Waals surface area contributed by atoms with Gasteiger partial charge in [0.2, 0.25) is 11.8 Å². The highest BCUT2D eigenvalue weighted by atomic mass is 16.3. The van der Waals surface area contributed by atoms with Crippen LogP contribution in [0, 0.1) is 11.8 Å². The summed E-state index contributed by atoms with van der Waals surface area (Å²) >= 11 is 0. The quantitative estimate of drug-likeness (QED) is 0.832. The zero-order chi connectivity index (χ0) is 14.7. The average Bonchev–Trinajstić information content (AvgIpc) is 2.81. The molecule has 2 amide bonds. The standard InChI is InChI=1S/C15H26N2O3/c1-11-3-5-13(6-4-11)17-10-12(9-14(17)19)15(20)16(2)7-8-18/h11-13,18H,3-10H2,1-2H3. The normalized spacial score (nSPS) is 30.6. The van der Waals surface area contributed by atoms with Gasteiger partial charge in [0.15, 0.2) is 0 Å². The molecule has 1 saturated carbocycles. The SMILES string of the molecule is CC1CCC(N2CC(C(=O)N(C)CCO)CC2=O)CC1. The number of aliphatic hydroxyl groups excluding tert-OH is 1. The molecular weight excluding hydrogens is 256 g/mol. The molecule has 0 radical (unpaired) electrons. The van der Waals surface area contributed by atoms with Crippen molar-refractivity contribution in [3.63, 3.8) is 0 Å². The third kappa shape index (κ3) is 3.32. The molecule has 1 N–H and O–H groups in total. The van der Waals surface area contributed by atoms with Crippen LogP contribution in [-0.2, 0) is 9.59 Å². The van der Waals surface area contributed by atoms with Gasteiger partial charge < -0.3 is 14.9 Å². The number of likely N-dealkylation sites (tertiary alicyclic amines) is 1. The van der Waals surface area contributed by atoms with E-state index in [1.54, 1.807) is 7.05 Å². The Morgan fingerprint density at radius 3 is 2.60 bits per heavy atom. The lowest BCUT2D eigenvalue weighted by atomic mass is 9.87. The van der Waals surface area contributed by atoms with Crippen molar-refractivity contribution < 1.29 is 14.7 Å². The second kappa shape index (κ2) is 6.57. The van der Waals surface area contributed by atoms with E-state index >= 15 is 0 Å². The smallest absolute Gasteiger partial charge is 0.227 e. The first-order valence-electron chi connectivity index (χ1n) is 7.68. The van der Waals surface area contributed by atoms with Gasteiger partial charge in [-0.1, -0.05) is 6.92 Å². The van der Waals surface area contributed by atoms with E-state index in [1.807, 2.05) is 4.90 Å². The van der Waals surface area contributed by atoms with Crippen LogP contribution >= 0.6 is 0 Å². The van der Waals surface area contributed by atoms with Crippen molar-refractivity contribution in [3.8, 4) is 0 Å². The number of hydrogen-bond donors (Lipinski definition) is 1. The Balaban J connectivity index is 1.91. The number of hydrogen-bond acceptors (Lipinski definition) is 3. The van der Waals surface area contributed by atoms with Gasteiger partial charge >= 0.3 is 0 Å². The van der Waals surface area contributed by atoms with Gasteiger partial charge in [-0.3, -0.25) is 9.59 Å². The highest BCUT2D eigenvalue weighted by Crippen LogP contribution is 2.31. The summed E-state index contributed by atoms with van der Waals surface area (Å²) in [5.74, 6) is 0.648. The molecule has 1 unspecified atom stereocenters. The van der Waals surface area contributed by atoms with Crippen molar-refractivity contribution in [1.29, 1.82) is 0 Å². The fourth-order valence-electron chi connectivity index (χ4n) is 3.38. The van der Waals surface area contributed by atoms with Crippen LogP contribution in [0.2, 0.25) is 0 Å². The molecule has 1 atom stereocenters. The summed E-state index contributed by atoms with van der Waals surface area (Å²) in [5, 5.41) is 8.89. The molecule has 1 saturated heterocycles. The minimum atomic E-state index is -0.224. The molecule has 1 heterocycles. The number of rotatable bonds is 4. The highest BCUT2D eigenvalue weighted by molar-refractivity contribution is 5.89. The predicted octanol–water partition coefficient (Wildman–Crippen LogP) is 0.864. The van der Waals surface area contributed by atoms with Crippen molar-refractivity contribution in [2.75, 3.05) is 26.7 Å². The summed E-state index contributed by atoms with van der Waals surface area (Å²) in [6.07, 6.45) is 4.83. The van der Waals surface area contributed by atoms with E-state index in [0.717, 1.165) is 18.8 Å². The highest BCUT2D eigenvalue weighted by Gasteiger charge is 2.39. The van der Waals surface area contributed by atoms with Crippen LogP contribution in [0.5, 0.6) is 0 Å². The predicted molar refractivity (Wildman–Crippen MR) is 76.0 cm³/mol. The maximum Gasteiger partial charge on any atom is 0.227 e. The fourth-order valence-corrected chi connectivity index (χ4v) is 3.38. The van der Waals surface area contributed by atoms with Crippen LogP contribution in [-0.4, -0.2) is 59.5 Å². The zero-order valence-corrected chi connectivity index (χ0v) is 12.5. The fraction of sp³-hybridized carbons (Fsp3) is 0.867. The number of nitrogens with zero attached hydrogens (tertiary/aromatic N) is 2. The molecule has 2 rings (SSSR count). The van der Waals surface area contributed by atoms with Gasteiger partial charge in [-0.25, -0.2) is 0 Å². The lowest BCUT2D eigenvalue weighted by Gasteiger charge is -2.33. The Morgan fingerprint density at radius 2 is 2.00 bits per heavy atom. The third-order valence-corrected chi connectivity index (χ3v) is 4.75. The van der Waals surface area contributed by atoms with E-state index < -0.39 is 0 Å². The molecule has 5 heteroatoms. The first kappa shape index (κ1) is 15.3. The van der Waals surface area contributed by atoms with Gasteiger partial charge in [-0.15, -0.1) is 0 Å². The van der Waals surface area contributed by atoms with E-state index in [2.05, 4.69) is 6.92 Å². The van der Waals surface area contributed by atoms with Gasteiger partial charge in [0.1, 0.15) is 0 Å². The van der Waals surface area contributed by atoms with Crippen LogP contribution in [0.4, 0.5) is 0 Å². The monoisotopic (exact) mass is 282 g/mol. The molecule has 1 aliphatic carbocycles. The summed E-state index contributed by atoms with van der Waals surface area (Å²) in [6.45, 7) is 3.13. The molecule has 114 valence electrons. The molecule has 20 heavy (non-hydrogen) atoms. The number of aliphatic hydroxyl groups is 1. The van der Waals surface area contributed by atoms with E-state index in [0.29, 0.717) is 25.6 Å². The largest absolute Gasteiger partial charge is 0.395 e. The molecule has 0 spiro atoms. The lowest BCUT2D eigenvalue weighted by Crippen LogP contribution is -2.40. The molecule has 5 nitrogen and oxygen atoms in total. The summed E-state index contributed by atoms with van der Waals surface area (Å²) in [7, 11) is 1.69. The van der Waals surface area contributed by atoms with Gasteiger partial charge in [0, 0.05) is 32.6 Å². The van der Waals surface area contributed by atoms with Crippen LogP contribution in [0.15, 0.2) is 0 Å². The summed E-state index contributed by atoms with van der Waals surface area (Å²) in [4.78, 5) is 27.8. The minimum absolute atomic E-state index is 0.0147. The number of carbonyl (C=O) groups excluding carboxylic acids is 2. The Morgan fingerprint density at radius 1 is 1.35 bits per heavy atom. The summed E-state index contributed by atoms with van der Waals surface area (Å²) in [6, 6.07) is 0.333. The molecular formula is C15H26N2O3. The third-order valence-electron chi connectivity index (χ3n) is 4.75. The molecule has 2 fully saturated rings. The van der Waals surface area contributed by atoms with E-state index in [-0.39, 0.29) is 24.3 Å². The summed E-state index contributed by atoms with van der Waals surface area (Å²) in [5.41, 5.74) is 0. The Labute approximate surface area is 120 Å². The molecule has 2 aliphatic rings. The molecule has 0 aromatic rings. The van der Waals surface area contributed by atoms with Crippen molar-refractivity contribution in [2.24, 2.45) is 11.8 Å². The number of amides is 2. The topological polar surface area (TPSA) is 60.9 Å². The maximum absolute atomic E-state index is 12.2. The molecule has 0 bridgehead atoms. The van der Waals surface area contributed by atoms with E-state index in [4.69, 9.17) is 5.11 Å². The van der Waals surface area contributed by atoms with Crippen LogP contribution < -0.4 is 0 Å².